The van der Waals surface area contributed by atoms with Crippen LogP contribution in [-0.2, 0) is 26.0 Å². The van der Waals surface area contributed by atoms with Gasteiger partial charge in [-0.2, -0.15) is 0 Å². The van der Waals surface area contributed by atoms with E-state index in [1.165, 1.54) is 4.90 Å². The minimum atomic E-state index is -3.75. The van der Waals surface area contributed by atoms with Gasteiger partial charge in [-0.3, -0.25) is 13.9 Å². The number of nitrogens with zero attached hydrogens (tertiary/aromatic N) is 2. The molecule has 174 valence electrons. The molecule has 0 bridgehead atoms. The van der Waals surface area contributed by atoms with E-state index in [1.54, 1.807) is 31.2 Å². The molecule has 2 rings (SSSR count). The van der Waals surface area contributed by atoms with Crippen molar-refractivity contribution < 1.29 is 18.0 Å². The van der Waals surface area contributed by atoms with Gasteiger partial charge in [-0.15, -0.1) is 0 Å². The molecule has 32 heavy (non-hydrogen) atoms. The molecule has 0 spiro atoms. The first kappa shape index (κ1) is 25.9. The number of benzene rings is 2. The zero-order valence-electron chi connectivity index (χ0n) is 18.8. The molecule has 2 aromatic carbocycles. The molecule has 0 aliphatic heterocycles. The summed E-state index contributed by atoms with van der Waals surface area (Å²) in [5.74, 6) is -0.735. The number of para-hydroxylation sites is 1. The van der Waals surface area contributed by atoms with Crippen LogP contribution in [0, 0.1) is 0 Å². The summed E-state index contributed by atoms with van der Waals surface area (Å²) in [4.78, 5) is 27.5. The Kier molecular flexibility index (Phi) is 9.27. The lowest BCUT2D eigenvalue weighted by Crippen LogP contribution is -2.53. The van der Waals surface area contributed by atoms with Crippen molar-refractivity contribution in [2.45, 2.75) is 39.3 Å². The summed E-state index contributed by atoms with van der Waals surface area (Å²) in [7, 11) is -3.75. The molecule has 1 N–H and O–H groups in total. The van der Waals surface area contributed by atoms with E-state index in [0.717, 1.165) is 16.1 Å². The van der Waals surface area contributed by atoms with Crippen LogP contribution in [0.5, 0.6) is 0 Å². The van der Waals surface area contributed by atoms with Gasteiger partial charge in [0.2, 0.25) is 21.8 Å². The summed E-state index contributed by atoms with van der Waals surface area (Å²) in [6.45, 7) is 5.22. The standard InChI is InChI=1S/C23H30BrN3O4S/c1-17(2)25-23(29)18(3)26(15-14-19-10-6-5-7-11-19)22(28)16-27(32(4,30)31)21-13-9-8-12-20(21)24/h5-13,17-18H,14-16H2,1-4H3,(H,25,29)/t18-/m1/s1. The molecule has 2 aromatic rings. The molecule has 0 aromatic heterocycles. The third-order valence-electron chi connectivity index (χ3n) is 4.88. The minimum Gasteiger partial charge on any atom is -0.352 e. The first-order chi connectivity index (χ1) is 15.0. The highest BCUT2D eigenvalue weighted by Crippen LogP contribution is 2.27. The van der Waals surface area contributed by atoms with Gasteiger partial charge in [0.05, 0.1) is 11.9 Å². The van der Waals surface area contributed by atoms with E-state index in [1.807, 2.05) is 44.2 Å². The Balaban J connectivity index is 2.32. The van der Waals surface area contributed by atoms with Crippen LogP contribution >= 0.6 is 15.9 Å². The summed E-state index contributed by atoms with van der Waals surface area (Å²) in [5.41, 5.74) is 1.39. The Bertz CT molecular complexity index is 1030. The normalized spacial score (nSPS) is 12.3. The zero-order valence-corrected chi connectivity index (χ0v) is 21.2. The van der Waals surface area contributed by atoms with Gasteiger partial charge in [0.25, 0.3) is 0 Å². The fraction of sp³-hybridized carbons (Fsp3) is 0.391. The number of nitrogens with one attached hydrogen (secondary N) is 1. The summed E-state index contributed by atoms with van der Waals surface area (Å²) in [5, 5.41) is 2.83. The lowest BCUT2D eigenvalue weighted by Gasteiger charge is -2.32. The molecular formula is C23H30BrN3O4S. The van der Waals surface area contributed by atoms with E-state index in [-0.39, 0.29) is 18.5 Å². The van der Waals surface area contributed by atoms with E-state index < -0.39 is 28.5 Å². The van der Waals surface area contributed by atoms with Crippen molar-refractivity contribution >= 4 is 43.5 Å². The Morgan fingerprint density at radius 3 is 2.16 bits per heavy atom. The van der Waals surface area contributed by atoms with Gasteiger partial charge in [-0.05, 0) is 60.8 Å². The first-order valence-electron chi connectivity index (χ1n) is 10.4. The van der Waals surface area contributed by atoms with Crippen molar-refractivity contribution in [3.8, 4) is 0 Å². The van der Waals surface area contributed by atoms with Crippen LogP contribution in [0.25, 0.3) is 0 Å². The van der Waals surface area contributed by atoms with Gasteiger partial charge < -0.3 is 10.2 Å². The number of anilines is 1. The first-order valence-corrected chi connectivity index (χ1v) is 13.0. The second-order valence-electron chi connectivity index (χ2n) is 7.88. The molecule has 0 unspecified atom stereocenters. The number of halogens is 1. The molecule has 7 nitrogen and oxygen atoms in total. The van der Waals surface area contributed by atoms with Crippen LogP contribution < -0.4 is 9.62 Å². The van der Waals surface area contributed by atoms with Gasteiger partial charge in [-0.25, -0.2) is 8.42 Å². The van der Waals surface area contributed by atoms with E-state index in [4.69, 9.17) is 0 Å². The van der Waals surface area contributed by atoms with Gasteiger partial charge in [0, 0.05) is 17.1 Å². The van der Waals surface area contributed by atoms with Crippen molar-refractivity contribution in [3.63, 3.8) is 0 Å². The van der Waals surface area contributed by atoms with E-state index >= 15 is 0 Å². The largest absolute Gasteiger partial charge is 0.352 e. The topological polar surface area (TPSA) is 86.8 Å². The number of amides is 2. The zero-order chi connectivity index (χ0) is 23.9. The van der Waals surface area contributed by atoms with Gasteiger partial charge >= 0.3 is 0 Å². The number of sulfonamides is 1. The molecule has 1 atom stereocenters. The molecule has 0 aliphatic carbocycles. The maximum absolute atomic E-state index is 13.4. The maximum atomic E-state index is 13.4. The van der Waals surface area contributed by atoms with E-state index in [0.29, 0.717) is 16.6 Å². The van der Waals surface area contributed by atoms with Gasteiger partial charge in [0.15, 0.2) is 0 Å². The number of hydrogen-bond donors (Lipinski definition) is 1. The molecule has 0 saturated heterocycles. The molecule has 0 heterocycles. The van der Waals surface area contributed by atoms with Crippen molar-refractivity contribution in [1.82, 2.24) is 10.2 Å². The Hall–Kier alpha value is -2.39. The summed E-state index contributed by atoms with van der Waals surface area (Å²) >= 11 is 3.36. The average molecular weight is 524 g/mol. The Labute approximate surface area is 199 Å². The molecule has 0 radical (unpaired) electrons. The van der Waals surface area contributed by atoms with Gasteiger partial charge in [-0.1, -0.05) is 42.5 Å². The fourth-order valence-electron chi connectivity index (χ4n) is 3.22. The highest BCUT2D eigenvalue weighted by Gasteiger charge is 2.30. The summed E-state index contributed by atoms with van der Waals surface area (Å²) in [6.07, 6.45) is 1.60. The minimum absolute atomic E-state index is 0.0798. The number of carbonyl (C=O) groups is 2. The Morgan fingerprint density at radius 2 is 1.59 bits per heavy atom. The van der Waals surface area contributed by atoms with Crippen molar-refractivity contribution in [2.75, 3.05) is 23.7 Å². The van der Waals surface area contributed by atoms with Crippen LogP contribution in [0.3, 0.4) is 0 Å². The molecule has 0 saturated carbocycles. The second kappa shape index (κ2) is 11.5. The molecule has 0 fully saturated rings. The Morgan fingerprint density at radius 1 is 1.00 bits per heavy atom. The predicted molar refractivity (Wildman–Crippen MR) is 131 cm³/mol. The van der Waals surface area contributed by atoms with Crippen LogP contribution in [0.15, 0.2) is 59.1 Å². The lowest BCUT2D eigenvalue weighted by atomic mass is 10.1. The molecule has 0 aliphatic rings. The average Bonchev–Trinajstić information content (AvgIpc) is 2.72. The van der Waals surface area contributed by atoms with Crippen LogP contribution in [0.2, 0.25) is 0 Å². The highest BCUT2D eigenvalue weighted by atomic mass is 79.9. The predicted octanol–water partition coefficient (Wildman–Crippen LogP) is 3.20. The number of carbonyl (C=O) groups excluding carboxylic acids is 2. The van der Waals surface area contributed by atoms with Crippen molar-refractivity contribution in [3.05, 3.63) is 64.6 Å². The second-order valence-corrected chi connectivity index (χ2v) is 10.6. The highest BCUT2D eigenvalue weighted by molar-refractivity contribution is 9.10. The molecular weight excluding hydrogens is 494 g/mol. The third kappa shape index (κ3) is 7.34. The lowest BCUT2D eigenvalue weighted by molar-refractivity contribution is -0.139. The number of rotatable bonds is 10. The number of hydrogen-bond acceptors (Lipinski definition) is 4. The van der Waals surface area contributed by atoms with Crippen molar-refractivity contribution in [2.24, 2.45) is 0 Å². The van der Waals surface area contributed by atoms with Crippen LogP contribution in [-0.4, -0.2) is 56.6 Å². The van der Waals surface area contributed by atoms with Crippen LogP contribution in [0.4, 0.5) is 5.69 Å². The molecule has 9 heteroatoms. The maximum Gasteiger partial charge on any atom is 0.244 e. The molecule has 2 amide bonds. The summed E-state index contributed by atoms with van der Waals surface area (Å²) < 4.78 is 26.7. The smallest absolute Gasteiger partial charge is 0.244 e. The van der Waals surface area contributed by atoms with Crippen LogP contribution in [0.1, 0.15) is 26.3 Å². The van der Waals surface area contributed by atoms with Gasteiger partial charge in [0.1, 0.15) is 12.6 Å². The third-order valence-corrected chi connectivity index (χ3v) is 6.68. The monoisotopic (exact) mass is 523 g/mol. The van der Waals surface area contributed by atoms with Crippen molar-refractivity contribution in [1.29, 1.82) is 0 Å². The van der Waals surface area contributed by atoms with E-state index in [2.05, 4.69) is 21.2 Å². The fourth-order valence-corrected chi connectivity index (χ4v) is 4.70. The SMILES string of the molecule is CC(C)NC(=O)[C@@H](C)N(CCc1ccccc1)C(=O)CN(c1ccccc1Br)S(C)(=O)=O. The quantitative estimate of drug-likeness (QED) is 0.517. The van der Waals surface area contributed by atoms with E-state index in [9.17, 15) is 18.0 Å². The summed E-state index contributed by atoms with van der Waals surface area (Å²) in [6, 6.07) is 15.6.